The zero-order valence-electron chi connectivity index (χ0n) is 14.6. The van der Waals surface area contributed by atoms with E-state index in [4.69, 9.17) is 11.6 Å². The molecule has 0 saturated heterocycles. The van der Waals surface area contributed by atoms with E-state index in [1.807, 2.05) is 0 Å². The zero-order valence-corrected chi connectivity index (χ0v) is 15.4. The molecule has 3 rings (SSSR count). The third-order valence-corrected chi connectivity index (χ3v) is 4.34. The molecule has 140 valence electrons. The van der Waals surface area contributed by atoms with Gasteiger partial charge in [0.2, 0.25) is 0 Å². The Labute approximate surface area is 166 Å². The summed E-state index contributed by atoms with van der Waals surface area (Å²) in [6.07, 6.45) is 1.32. The summed E-state index contributed by atoms with van der Waals surface area (Å²) in [5.41, 5.74) is 1.61. The lowest BCUT2D eigenvalue weighted by atomic mass is 10.0. The maximum absolute atomic E-state index is 12.3. The van der Waals surface area contributed by atoms with Crippen LogP contribution >= 0.6 is 11.6 Å². The van der Waals surface area contributed by atoms with E-state index in [0.717, 1.165) is 0 Å². The molecule has 0 bridgehead atoms. The van der Waals surface area contributed by atoms with E-state index in [2.05, 4.69) is 5.32 Å². The summed E-state index contributed by atoms with van der Waals surface area (Å²) in [6, 6.07) is 19.9. The van der Waals surface area contributed by atoms with Gasteiger partial charge in [-0.15, -0.1) is 0 Å². The third-order valence-electron chi connectivity index (χ3n) is 4.01. The van der Waals surface area contributed by atoms with Crippen molar-refractivity contribution in [3.8, 4) is 16.9 Å². The Morgan fingerprint density at radius 2 is 1.57 bits per heavy atom. The molecule has 5 nitrogen and oxygen atoms in total. The van der Waals surface area contributed by atoms with Crippen LogP contribution in [-0.2, 0) is 4.79 Å². The molecule has 3 aromatic carbocycles. The minimum Gasteiger partial charge on any atom is -0.507 e. The first-order chi connectivity index (χ1) is 13.5. The summed E-state index contributed by atoms with van der Waals surface area (Å²) in [5, 5.41) is 22.5. The summed E-state index contributed by atoms with van der Waals surface area (Å²) in [4.78, 5) is 23.9. The minimum atomic E-state index is -1.28. The van der Waals surface area contributed by atoms with Crippen LogP contribution in [0.4, 0.5) is 0 Å². The number of carboxylic acids is 1. The van der Waals surface area contributed by atoms with Crippen molar-refractivity contribution in [2.24, 2.45) is 0 Å². The van der Waals surface area contributed by atoms with Crippen LogP contribution in [0.1, 0.15) is 15.9 Å². The molecule has 0 aromatic heterocycles. The number of carboxylic acid groups (broad SMARTS) is 1. The van der Waals surface area contributed by atoms with Crippen LogP contribution < -0.4 is 5.32 Å². The van der Waals surface area contributed by atoms with Gasteiger partial charge >= 0.3 is 5.97 Å². The van der Waals surface area contributed by atoms with Gasteiger partial charge in [-0.1, -0.05) is 54.1 Å². The van der Waals surface area contributed by atoms with Gasteiger partial charge in [0, 0.05) is 21.7 Å². The van der Waals surface area contributed by atoms with E-state index in [-0.39, 0.29) is 11.4 Å². The molecular weight excluding hydrogens is 378 g/mol. The normalized spacial score (nSPS) is 11.1. The molecular formula is C22H16ClNO4. The number of carbonyl (C=O) groups is 2. The predicted octanol–water partition coefficient (Wildman–Crippen LogP) is 4.57. The second kappa shape index (κ2) is 8.41. The molecule has 0 spiro atoms. The summed E-state index contributed by atoms with van der Waals surface area (Å²) < 4.78 is 0. The summed E-state index contributed by atoms with van der Waals surface area (Å²) in [6.45, 7) is 0. The number of nitrogens with one attached hydrogen (secondary N) is 1. The highest BCUT2D eigenvalue weighted by Gasteiger charge is 2.14. The number of amides is 1. The third kappa shape index (κ3) is 4.39. The largest absolute Gasteiger partial charge is 0.507 e. The molecule has 0 saturated carbocycles. The highest BCUT2D eigenvalue weighted by molar-refractivity contribution is 6.33. The van der Waals surface area contributed by atoms with Gasteiger partial charge in [0.15, 0.2) is 0 Å². The molecule has 1 amide bonds. The lowest BCUT2D eigenvalue weighted by Gasteiger charge is -2.10. The lowest BCUT2D eigenvalue weighted by Crippen LogP contribution is -2.27. The van der Waals surface area contributed by atoms with Crippen LogP contribution in [0.3, 0.4) is 0 Å². The zero-order chi connectivity index (χ0) is 20.1. The number of halogens is 1. The Kier molecular flexibility index (Phi) is 5.77. The molecule has 0 aliphatic rings. The Bertz CT molecular complexity index is 1060. The van der Waals surface area contributed by atoms with Crippen molar-refractivity contribution in [2.45, 2.75) is 0 Å². The highest BCUT2D eigenvalue weighted by atomic mass is 35.5. The van der Waals surface area contributed by atoms with Crippen molar-refractivity contribution >= 4 is 29.6 Å². The maximum Gasteiger partial charge on any atom is 0.352 e. The van der Waals surface area contributed by atoms with Crippen molar-refractivity contribution < 1.29 is 19.8 Å². The fourth-order valence-corrected chi connectivity index (χ4v) is 2.88. The van der Waals surface area contributed by atoms with E-state index >= 15 is 0 Å². The van der Waals surface area contributed by atoms with Crippen molar-refractivity contribution in [1.29, 1.82) is 0 Å². The van der Waals surface area contributed by atoms with Crippen LogP contribution in [0.5, 0.6) is 5.75 Å². The number of rotatable bonds is 5. The topological polar surface area (TPSA) is 86.6 Å². The maximum atomic E-state index is 12.3. The number of phenols is 1. The van der Waals surface area contributed by atoms with Crippen molar-refractivity contribution in [1.82, 2.24) is 5.32 Å². The number of hydrogen-bond acceptors (Lipinski definition) is 3. The molecule has 0 aliphatic carbocycles. The van der Waals surface area contributed by atoms with E-state index in [1.165, 1.54) is 12.1 Å². The number of benzene rings is 3. The van der Waals surface area contributed by atoms with Crippen LogP contribution in [-0.4, -0.2) is 22.1 Å². The predicted molar refractivity (Wildman–Crippen MR) is 108 cm³/mol. The van der Waals surface area contributed by atoms with Gasteiger partial charge in [-0.3, -0.25) is 4.79 Å². The quantitative estimate of drug-likeness (QED) is 0.554. The average molecular weight is 394 g/mol. The first-order valence-corrected chi connectivity index (χ1v) is 8.73. The first kappa shape index (κ1) is 19.2. The summed E-state index contributed by atoms with van der Waals surface area (Å²) in [5.74, 6) is -1.80. The minimum absolute atomic E-state index is 0.00967. The molecule has 0 atom stereocenters. The molecule has 0 fully saturated rings. The number of carbonyl (C=O) groups excluding carboxylic acids is 1. The lowest BCUT2D eigenvalue weighted by molar-refractivity contribution is -0.132. The van der Waals surface area contributed by atoms with Gasteiger partial charge in [0.05, 0.1) is 0 Å². The van der Waals surface area contributed by atoms with Crippen LogP contribution in [0, 0.1) is 0 Å². The van der Waals surface area contributed by atoms with Crippen molar-refractivity contribution in [3.63, 3.8) is 0 Å². The molecule has 28 heavy (non-hydrogen) atoms. The molecule has 0 unspecified atom stereocenters. The van der Waals surface area contributed by atoms with Gasteiger partial charge in [-0.05, 0) is 42.0 Å². The molecule has 6 heteroatoms. The Hall–Kier alpha value is -3.57. The average Bonchev–Trinajstić information content (AvgIpc) is 2.70. The monoisotopic (exact) mass is 393 g/mol. The van der Waals surface area contributed by atoms with E-state index in [0.29, 0.717) is 27.3 Å². The Morgan fingerprint density at radius 3 is 2.25 bits per heavy atom. The smallest absolute Gasteiger partial charge is 0.352 e. The van der Waals surface area contributed by atoms with Gasteiger partial charge in [0.25, 0.3) is 5.91 Å². The van der Waals surface area contributed by atoms with Gasteiger partial charge in [0.1, 0.15) is 11.4 Å². The Morgan fingerprint density at radius 1 is 0.893 bits per heavy atom. The van der Waals surface area contributed by atoms with E-state index < -0.39 is 11.9 Å². The van der Waals surface area contributed by atoms with E-state index in [1.54, 1.807) is 66.7 Å². The SMILES string of the molecule is O=C(O)C(=Cc1ccc(O)c(-c2ccccc2Cl)c1)NC(=O)c1ccccc1. The molecule has 3 N–H and O–H groups in total. The number of hydrogen-bond donors (Lipinski definition) is 3. The molecule has 3 aromatic rings. The second-order valence-electron chi connectivity index (χ2n) is 5.94. The number of aromatic hydroxyl groups is 1. The van der Waals surface area contributed by atoms with Crippen LogP contribution in [0.2, 0.25) is 5.02 Å². The fraction of sp³-hybridized carbons (Fsp3) is 0. The van der Waals surface area contributed by atoms with Crippen LogP contribution in [0.25, 0.3) is 17.2 Å². The summed E-state index contributed by atoms with van der Waals surface area (Å²) in [7, 11) is 0. The van der Waals surface area contributed by atoms with Crippen LogP contribution in [0.15, 0.2) is 78.5 Å². The molecule has 0 radical (unpaired) electrons. The van der Waals surface area contributed by atoms with Crippen molar-refractivity contribution in [2.75, 3.05) is 0 Å². The molecule has 0 heterocycles. The van der Waals surface area contributed by atoms with Crippen molar-refractivity contribution in [3.05, 3.63) is 94.6 Å². The second-order valence-corrected chi connectivity index (χ2v) is 6.35. The van der Waals surface area contributed by atoms with Gasteiger partial charge < -0.3 is 15.5 Å². The van der Waals surface area contributed by atoms with Gasteiger partial charge in [-0.2, -0.15) is 0 Å². The molecule has 0 aliphatic heterocycles. The summed E-state index contributed by atoms with van der Waals surface area (Å²) >= 11 is 6.20. The van der Waals surface area contributed by atoms with Gasteiger partial charge in [-0.25, -0.2) is 4.79 Å². The van der Waals surface area contributed by atoms with E-state index in [9.17, 15) is 19.8 Å². The fourth-order valence-electron chi connectivity index (χ4n) is 2.64. The first-order valence-electron chi connectivity index (χ1n) is 8.35. The standard InChI is InChI=1S/C22H16ClNO4/c23-18-9-5-4-8-16(18)17-12-14(10-11-20(17)25)13-19(22(27)28)24-21(26)15-6-2-1-3-7-15/h1-13,25H,(H,24,26)(H,27,28). The number of phenolic OH excluding ortho intramolecular Hbond substituents is 1. The highest BCUT2D eigenvalue weighted by Crippen LogP contribution is 2.35. The Balaban J connectivity index is 1.96. The number of aliphatic carboxylic acids is 1.